The Morgan fingerprint density at radius 2 is 0.923 bits per heavy atom. The van der Waals surface area contributed by atoms with Crippen LogP contribution in [0.2, 0.25) is 0 Å². The summed E-state index contributed by atoms with van der Waals surface area (Å²) < 4.78 is 2.37. The highest BCUT2D eigenvalue weighted by atomic mass is 15.1. The summed E-state index contributed by atoms with van der Waals surface area (Å²) in [5.74, 6) is 0. The Kier molecular flexibility index (Phi) is 7.18. The summed E-state index contributed by atoms with van der Waals surface area (Å²) in [5.41, 5.74) is 11.7. The first-order valence-electron chi connectivity index (χ1n) is 17.8. The average Bonchev–Trinajstić information content (AvgIpc) is 3.55. The molecule has 0 saturated carbocycles. The van der Waals surface area contributed by atoms with Gasteiger partial charge in [0.25, 0.3) is 0 Å². The Morgan fingerprint density at radius 3 is 1.81 bits per heavy atom. The van der Waals surface area contributed by atoms with E-state index in [-0.39, 0.29) is 0 Å². The molecule has 2 heteroatoms. The number of aromatic nitrogens is 1. The molecule has 10 rings (SSSR count). The van der Waals surface area contributed by atoms with Crippen molar-refractivity contribution >= 4 is 60.4 Å². The second kappa shape index (κ2) is 12.5. The zero-order chi connectivity index (χ0) is 34.4. The summed E-state index contributed by atoms with van der Waals surface area (Å²) in [4.78, 5) is 2.40. The largest absolute Gasteiger partial charge is 0.310 e. The van der Waals surface area contributed by atoms with Crippen molar-refractivity contribution in [3.05, 3.63) is 206 Å². The van der Waals surface area contributed by atoms with E-state index in [9.17, 15) is 0 Å². The minimum absolute atomic E-state index is 1.11. The monoisotopic (exact) mass is 662 g/mol. The van der Waals surface area contributed by atoms with Crippen LogP contribution in [-0.4, -0.2) is 4.57 Å². The maximum atomic E-state index is 2.40. The van der Waals surface area contributed by atoms with Crippen molar-refractivity contribution in [2.24, 2.45) is 0 Å². The molecule has 0 unspecified atom stereocenters. The Bertz CT molecular complexity index is 2900. The number of nitrogens with zero attached hydrogens (tertiary/aromatic N) is 2. The third-order valence-electron chi connectivity index (χ3n) is 10.3. The van der Waals surface area contributed by atoms with Gasteiger partial charge in [-0.2, -0.15) is 0 Å². The second-order valence-corrected chi connectivity index (χ2v) is 13.4. The van der Waals surface area contributed by atoms with Gasteiger partial charge in [-0.1, -0.05) is 140 Å². The van der Waals surface area contributed by atoms with Gasteiger partial charge in [-0.25, -0.2) is 0 Å². The Hall–Kier alpha value is -6.90. The summed E-state index contributed by atoms with van der Waals surface area (Å²) in [6, 6.07) is 74.7. The van der Waals surface area contributed by atoms with E-state index in [1.165, 1.54) is 65.6 Å². The zero-order valence-corrected chi connectivity index (χ0v) is 28.5. The van der Waals surface area contributed by atoms with Crippen LogP contribution in [-0.2, 0) is 0 Å². The van der Waals surface area contributed by atoms with Crippen LogP contribution < -0.4 is 4.90 Å². The third kappa shape index (κ3) is 5.12. The molecule has 0 bridgehead atoms. The lowest BCUT2D eigenvalue weighted by Gasteiger charge is -2.27. The number of para-hydroxylation sites is 2. The molecule has 0 amide bonds. The molecule has 0 spiro atoms. The smallest absolute Gasteiger partial charge is 0.0542 e. The zero-order valence-electron chi connectivity index (χ0n) is 28.5. The third-order valence-corrected chi connectivity index (χ3v) is 10.3. The quantitative estimate of drug-likeness (QED) is 0.172. The van der Waals surface area contributed by atoms with Crippen molar-refractivity contribution in [2.45, 2.75) is 0 Å². The lowest BCUT2D eigenvalue weighted by atomic mass is 9.96. The first kappa shape index (κ1) is 30.0. The molecule has 0 aliphatic rings. The van der Waals surface area contributed by atoms with Gasteiger partial charge in [0.1, 0.15) is 0 Å². The summed E-state index contributed by atoms with van der Waals surface area (Å²) in [6.07, 6.45) is 0. The molecule has 0 atom stereocenters. The van der Waals surface area contributed by atoms with Crippen LogP contribution in [0.5, 0.6) is 0 Å². The minimum atomic E-state index is 1.11. The molecule has 0 aliphatic carbocycles. The molecule has 2 nitrogen and oxygen atoms in total. The number of fused-ring (bicyclic) bond motifs is 5. The predicted molar refractivity (Wildman–Crippen MR) is 221 cm³/mol. The molecule has 9 aromatic carbocycles. The van der Waals surface area contributed by atoms with Gasteiger partial charge in [0.15, 0.2) is 0 Å². The van der Waals surface area contributed by atoms with Crippen molar-refractivity contribution in [3.63, 3.8) is 0 Å². The van der Waals surface area contributed by atoms with Gasteiger partial charge in [0.05, 0.1) is 11.0 Å². The minimum Gasteiger partial charge on any atom is -0.310 e. The van der Waals surface area contributed by atoms with E-state index < -0.39 is 0 Å². The lowest BCUT2D eigenvalue weighted by molar-refractivity contribution is 1.18. The van der Waals surface area contributed by atoms with Crippen LogP contribution in [0.3, 0.4) is 0 Å². The van der Waals surface area contributed by atoms with E-state index in [2.05, 4.69) is 216 Å². The summed E-state index contributed by atoms with van der Waals surface area (Å²) >= 11 is 0. The topological polar surface area (TPSA) is 8.17 Å². The Morgan fingerprint density at radius 1 is 0.308 bits per heavy atom. The molecule has 1 aromatic heterocycles. The second-order valence-electron chi connectivity index (χ2n) is 13.4. The number of hydrogen-bond donors (Lipinski definition) is 0. The molecule has 244 valence electrons. The number of anilines is 3. The van der Waals surface area contributed by atoms with Gasteiger partial charge in [0.2, 0.25) is 0 Å². The molecule has 0 aliphatic heterocycles. The maximum absolute atomic E-state index is 2.40. The first-order valence-corrected chi connectivity index (χ1v) is 17.8. The van der Waals surface area contributed by atoms with Gasteiger partial charge < -0.3 is 9.47 Å². The van der Waals surface area contributed by atoms with Crippen molar-refractivity contribution in [2.75, 3.05) is 4.90 Å². The van der Waals surface area contributed by atoms with Gasteiger partial charge in [-0.15, -0.1) is 0 Å². The highest BCUT2D eigenvalue weighted by molar-refractivity contribution is 6.11. The molecule has 0 fully saturated rings. The molecular weight excluding hydrogens is 629 g/mol. The van der Waals surface area contributed by atoms with Crippen LogP contribution in [0.25, 0.3) is 71.3 Å². The van der Waals surface area contributed by atoms with Crippen molar-refractivity contribution in [3.8, 4) is 27.9 Å². The number of rotatable bonds is 6. The van der Waals surface area contributed by atoms with Gasteiger partial charge in [-0.3, -0.25) is 0 Å². The fraction of sp³-hybridized carbons (Fsp3) is 0. The Labute approximate surface area is 303 Å². The van der Waals surface area contributed by atoms with Gasteiger partial charge in [-0.05, 0) is 111 Å². The number of hydrogen-bond acceptors (Lipinski definition) is 1. The van der Waals surface area contributed by atoms with Crippen LogP contribution in [0.15, 0.2) is 206 Å². The van der Waals surface area contributed by atoms with Crippen LogP contribution in [0.4, 0.5) is 17.1 Å². The standard InChI is InChI=1S/C50H34N2/c1-3-13-35(14-4-1)37-17-11-20-42(32-37)51(44-29-30-50-48(34-44)47-22-9-10-24-49(47)52(50)41-18-5-2-6-19-41)43-28-27-38-31-40(26-25-39(38)33-43)46-23-12-16-36-15-7-8-21-45(36)46/h1-34H. The molecule has 0 N–H and O–H groups in total. The molecule has 0 radical (unpaired) electrons. The summed E-state index contributed by atoms with van der Waals surface area (Å²) in [7, 11) is 0. The lowest BCUT2D eigenvalue weighted by Crippen LogP contribution is -2.10. The molecule has 0 saturated heterocycles. The fourth-order valence-electron chi connectivity index (χ4n) is 7.87. The van der Waals surface area contributed by atoms with E-state index in [1.807, 2.05) is 0 Å². The van der Waals surface area contributed by atoms with Gasteiger partial charge in [0, 0.05) is 33.5 Å². The first-order chi connectivity index (χ1) is 25.8. The molecule has 10 aromatic rings. The normalized spacial score (nSPS) is 11.5. The van der Waals surface area contributed by atoms with Crippen molar-refractivity contribution < 1.29 is 0 Å². The van der Waals surface area contributed by atoms with Crippen LogP contribution in [0, 0.1) is 0 Å². The highest BCUT2D eigenvalue weighted by Crippen LogP contribution is 2.42. The van der Waals surface area contributed by atoms with E-state index in [0.29, 0.717) is 0 Å². The Balaban J connectivity index is 1.15. The number of benzene rings is 9. The maximum Gasteiger partial charge on any atom is 0.0542 e. The summed E-state index contributed by atoms with van der Waals surface area (Å²) in [5, 5.41) is 7.41. The molecule has 1 heterocycles. The van der Waals surface area contributed by atoms with E-state index >= 15 is 0 Å². The van der Waals surface area contributed by atoms with E-state index in [4.69, 9.17) is 0 Å². The van der Waals surface area contributed by atoms with Crippen LogP contribution in [0.1, 0.15) is 0 Å². The summed E-state index contributed by atoms with van der Waals surface area (Å²) in [6.45, 7) is 0. The van der Waals surface area contributed by atoms with Gasteiger partial charge >= 0.3 is 0 Å². The predicted octanol–water partition coefficient (Wildman–Crippen LogP) is 13.9. The molecule has 52 heavy (non-hydrogen) atoms. The van der Waals surface area contributed by atoms with E-state index in [1.54, 1.807) is 0 Å². The molecular formula is C50H34N2. The van der Waals surface area contributed by atoms with Crippen molar-refractivity contribution in [1.29, 1.82) is 0 Å². The van der Waals surface area contributed by atoms with E-state index in [0.717, 1.165) is 22.7 Å². The van der Waals surface area contributed by atoms with Crippen LogP contribution >= 0.6 is 0 Å². The SMILES string of the molecule is c1ccc(-c2cccc(N(c3ccc4cc(-c5cccc6ccccc56)ccc4c3)c3ccc4c(c3)c3ccccc3n4-c3ccccc3)c2)cc1. The highest BCUT2D eigenvalue weighted by Gasteiger charge is 2.18. The fourth-order valence-corrected chi connectivity index (χ4v) is 7.87. The average molecular weight is 663 g/mol. The van der Waals surface area contributed by atoms with Crippen molar-refractivity contribution in [1.82, 2.24) is 4.57 Å².